The summed E-state index contributed by atoms with van der Waals surface area (Å²) < 4.78 is 2.15. The Kier molecular flexibility index (Phi) is 4.12. The van der Waals surface area contributed by atoms with Crippen LogP contribution >= 0.6 is 33.9 Å². The molecule has 1 heterocycles. The number of hydrogen-bond acceptors (Lipinski definition) is 3. The summed E-state index contributed by atoms with van der Waals surface area (Å²) in [5.41, 5.74) is 1.84. The van der Waals surface area contributed by atoms with E-state index in [1.54, 1.807) is 0 Å². The molecule has 3 rings (SSSR count). The van der Waals surface area contributed by atoms with E-state index in [9.17, 15) is 9.90 Å². The molecule has 0 amide bonds. The lowest BCUT2D eigenvalue weighted by Gasteiger charge is -2.07. The van der Waals surface area contributed by atoms with E-state index in [0.29, 0.717) is 11.4 Å². The van der Waals surface area contributed by atoms with Gasteiger partial charge >= 0.3 is 5.97 Å². The fourth-order valence-electron chi connectivity index (χ4n) is 2.24. The molecule has 106 valence electrons. The van der Waals surface area contributed by atoms with Crippen molar-refractivity contribution in [2.24, 2.45) is 0 Å². The normalized spacial score (nSPS) is 10.7. The summed E-state index contributed by atoms with van der Waals surface area (Å²) >= 11 is 3.59. The summed E-state index contributed by atoms with van der Waals surface area (Å²) in [7, 11) is 0. The molecule has 21 heavy (non-hydrogen) atoms. The van der Waals surface area contributed by atoms with Crippen LogP contribution in [0.3, 0.4) is 0 Å². The number of hydrogen-bond donors (Lipinski definition) is 2. The standard InChI is InChI=1S/C16H12INO2S/c17-10-4-3-5-11(8-10)18-9-13-12-6-1-2-7-14(12)21-15(13)16(19)20/h1-8,18H,9H2,(H,19,20). The molecule has 0 aliphatic rings. The Balaban J connectivity index is 1.95. The minimum atomic E-state index is -0.865. The number of nitrogens with one attached hydrogen (secondary N) is 1. The molecule has 0 saturated carbocycles. The van der Waals surface area contributed by atoms with Crippen molar-refractivity contribution in [3.05, 3.63) is 62.5 Å². The Morgan fingerprint density at radius 1 is 1.19 bits per heavy atom. The summed E-state index contributed by atoms with van der Waals surface area (Å²) in [6.07, 6.45) is 0. The van der Waals surface area contributed by atoms with Crippen molar-refractivity contribution in [1.29, 1.82) is 0 Å². The first-order chi connectivity index (χ1) is 10.1. The van der Waals surface area contributed by atoms with Gasteiger partial charge < -0.3 is 10.4 Å². The molecule has 1 aromatic heterocycles. The number of benzene rings is 2. The molecule has 0 aliphatic carbocycles. The second-order valence-electron chi connectivity index (χ2n) is 4.57. The number of carboxylic acids is 1. The summed E-state index contributed by atoms with van der Waals surface area (Å²) in [5.74, 6) is -0.865. The van der Waals surface area contributed by atoms with Crippen LogP contribution in [0, 0.1) is 3.57 Å². The minimum Gasteiger partial charge on any atom is -0.477 e. The number of carbonyl (C=O) groups is 1. The molecule has 0 aliphatic heterocycles. The minimum absolute atomic E-state index is 0.411. The van der Waals surface area contributed by atoms with E-state index in [2.05, 4.69) is 27.9 Å². The van der Waals surface area contributed by atoms with Crippen LogP contribution in [0.2, 0.25) is 0 Å². The molecule has 0 atom stereocenters. The highest BCUT2D eigenvalue weighted by Crippen LogP contribution is 2.32. The van der Waals surface area contributed by atoms with E-state index in [-0.39, 0.29) is 0 Å². The lowest BCUT2D eigenvalue weighted by atomic mass is 10.1. The summed E-state index contributed by atoms with van der Waals surface area (Å²) in [5, 5.41) is 13.7. The molecular weight excluding hydrogens is 397 g/mol. The second kappa shape index (κ2) is 6.03. The highest BCUT2D eigenvalue weighted by molar-refractivity contribution is 14.1. The zero-order chi connectivity index (χ0) is 14.8. The van der Waals surface area contributed by atoms with Crippen molar-refractivity contribution in [2.45, 2.75) is 6.54 Å². The van der Waals surface area contributed by atoms with Crippen LogP contribution in [-0.2, 0) is 6.54 Å². The van der Waals surface area contributed by atoms with Crippen LogP contribution in [0.1, 0.15) is 15.2 Å². The van der Waals surface area contributed by atoms with Crippen molar-refractivity contribution >= 4 is 55.7 Å². The molecule has 0 saturated heterocycles. The molecule has 2 N–H and O–H groups in total. The predicted molar refractivity (Wildman–Crippen MR) is 95.3 cm³/mol. The number of fused-ring (bicyclic) bond motifs is 1. The van der Waals surface area contributed by atoms with Crippen molar-refractivity contribution in [3.8, 4) is 0 Å². The Hall–Kier alpha value is -1.60. The van der Waals surface area contributed by atoms with Crippen molar-refractivity contribution < 1.29 is 9.90 Å². The first-order valence-corrected chi connectivity index (χ1v) is 8.28. The second-order valence-corrected chi connectivity index (χ2v) is 6.87. The third-order valence-corrected chi connectivity index (χ3v) is 5.06. The maximum absolute atomic E-state index is 11.4. The predicted octanol–water partition coefficient (Wildman–Crippen LogP) is 4.82. The summed E-state index contributed by atoms with van der Waals surface area (Å²) in [4.78, 5) is 11.8. The first-order valence-electron chi connectivity index (χ1n) is 6.38. The van der Waals surface area contributed by atoms with Gasteiger partial charge in [-0.25, -0.2) is 4.79 Å². The molecule has 0 spiro atoms. The zero-order valence-electron chi connectivity index (χ0n) is 11.0. The fraction of sp³-hybridized carbons (Fsp3) is 0.0625. The van der Waals surface area contributed by atoms with E-state index in [1.807, 2.05) is 48.5 Å². The Morgan fingerprint density at radius 2 is 2.00 bits per heavy atom. The number of aromatic carboxylic acids is 1. The molecule has 3 nitrogen and oxygen atoms in total. The van der Waals surface area contributed by atoms with Gasteiger partial charge in [-0.1, -0.05) is 24.3 Å². The average molecular weight is 409 g/mol. The molecule has 0 bridgehead atoms. The molecule has 3 aromatic rings. The van der Waals surface area contributed by atoms with Gasteiger partial charge in [0.05, 0.1) is 0 Å². The van der Waals surface area contributed by atoms with Crippen molar-refractivity contribution in [2.75, 3.05) is 5.32 Å². The van der Waals surface area contributed by atoms with Gasteiger partial charge in [0.15, 0.2) is 0 Å². The van der Waals surface area contributed by atoms with Crippen LogP contribution in [-0.4, -0.2) is 11.1 Å². The highest BCUT2D eigenvalue weighted by atomic mass is 127. The monoisotopic (exact) mass is 409 g/mol. The van der Waals surface area contributed by atoms with Crippen molar-refractivity contribution in [3.63, 3.8) is 0 Å². The first kappa shape index (κ1) is 14.3. The highest BCUT2D eigenvalue weighted by Gasteiger charge is 2.17. The smallest absolute Gasteiger partial charge is 0.346 e. The number of anilines is 1. The van der Waals surface area contributed by atoms with E-state index in [1.165, 1.54) is 11.3 Å². The van der Waals surface area contributed by atoms with E-state index < -0.39 is 5.97 Å². The van der Waals surface area contributed by atoms with Gasteiger partial charge in [0.2, 0.25) is 0 Å². The van der Waals surface area contributed by atoms with Gasteiger partial charge in [-0.05, 0) is 52.2 Å². The average Bonchev–Trinajstić information content (AvgIpc) is 2.84. The van der Waals surface area contributed by atoms with Crippen molar-refractivity contribution in [1.82, 2.24) is 0 Å². The summed E-state index contributed by atoms with van der Waals surface area (Å²) in [6, 6.07) is 15.8. The third-order valence-electron chi connectivity index (χ3n) is 3.19. The number of thiophene rings is 1. The summed E-state index contributed by atoms with van der Waals surface area (Å²) in [6.45, 7) is 0.506. The largest absolute Gasteiger partial charge is 0.477 e. The van der Waals surface area contributed by atoms with Crippen LogP contribution in [0.5, 0.6) is 0 Å². The van der Waals surface area contributed by atoms with Gasteiger partial charge in [0.1, 0.15) is 4.88 Å². The van der Waals surface area contributed by atoms with Gasteiger partial charge in [0, 0.05) is 26.1 Å². The number of halogens is 1. The quantitative estimate of drug-likeness (QED) is 0.608. The lowest BCUT2D eigenvalue weighted by Crippen LogP contribution is -2.04. The fourth-order valence-corrected chi connectivity index (χ4v) is 3.84. The van der Waals surface area contributed by atoms with Crippen LogP contribution in [0.25, 0.3) is 10.1 Å². The molecule has 2 aromatic carbocycles. The van der Waals surface area contributed by atoms with E-state index >= 15 is 0 Å². The zero-order valence-corrected chi connectivity index (χ0v) is 13.9. The number of rotatable bonds is 4. The van der Waals surface area contributed by atoms with Gasteiger partial charge in [-0.2, -0.15) is 0 Å². The van der Waals surface area contributed by atoms with E-state index in [0.717, 1.165) is 24.9 Å². The van der Waals surface area contributed by atoms with Crippen LogP contribution in [0.4, 0.5) is 5.69 Å². The maximum atomic E-state index is 11.4. The Bertz CT molecular complexity index is 813. The van der Waals surface area contributed by atoms with Crippen LogP contribution in [0.15, 0.2) is 48.5 Å². The molecule has 0 fully saturated rings. The molecule has 0 unspecified atom stereocenters. The van der Waals surface area contributed by atoms with Gasteiger partial charge in [0.25, 0.3) is 0 Å². The maximum Gasteiger partial charge on any atom is 0.346 e. The van der Waals surface area contributed by atoms with Crippen LogP contribution < -0.4 is 5.32 Å². The van der Waals surface area contributed by atoms with Gasteiger partial charge in [-0.15, -0.1) is 11.3 Å². The van der Waals surface area contributed by atoms with E-state index in [4.69, 9.17) is 0 Å². The Labute approximate surface area is 139 Å². The number of carboxylic acid groups (broad SMARTS) is 1. The Morgan fingerprint density at radius 3 is 2.76 bits per heavy atom. The third kappa shape index (κ3) is 3.03. The SMILES string of the molecule is O=C(O)c1sc2ccccc2c1CNc1cccc(I)c1. The molecular formula is C16H12INO2S. The molecule has 5 heteroatoms. The molecule has 0 radical (unpaired) electrons. The lowest BCUT2D eigenvalue weighted by molar-refractivity contribution is 0.0701. The topological polar surface area (TPSA) is 49.3 Å². The van der Waals surface area contributed by atoms with Gasteiger partial charge in [-0.3, -0.25) is 0 Å².